The van der Waals surface area contributed by atoms with Gasteiger partial charge in [0.1, 0.15) is 11.4 Å². The number of carbonyl (C=O) groups is 2. The second kappa shape index (κ2) is 8.47. The minimum Gasteiger partial charge on any atom is -0.465 e. The first-order chi connectivity index (χ1) is 14.0. The number of Topliss-reactive ketones (excluding diaryl/α,β-unsaturated/α-hetero) is 1. The minimum atomic E-state index is -0.461. The second-order valence-electron chi connectivity index (χ2n) is 6.21. The maximum atomic E-state index is 12.9. The summed E-state index contributed by atoms with van der Waals surface area (Å²) in [7, 11) is 1.30. The number of hydrogen-bond donors (Lipinski definition) is 1. The van der Waals surface area contributed by atoms with Gasteiger partial charge in [0.25, 0.3) is 5.56 Å². The van der Waals surface area contributed by atoms with Crippen molar-refractivity contribution in [2.45, 2.75) is 20.4 Å². The van der Waals surface area contributed by atoms with Crippen LogP contribution in [0.15, 0.2) is 53.6 Å². The molecule has 8 nitrogen and oxygen atoms in total. The lowest BCUT2D eigenvalue weighted by atomic mass is 10.0. The van der Waals surface area contributed by atoms with Crippen LogP contribution in [0.1, 0.15) is 34.6 Å². The number of rotatable bonds is 6. The summed E-state index contributed by atoms with van der Waals surface area (Å²) in [5, 5.41) is 7.40. The van der Waals surface area contributed by atoms with Crippen LogP contribution in [0, 0.1) is 0 Å². The van der Waals surface area contributed by atoms with Gasteiger partial charge in [0, 0.05) is 30.2 Å². The molecule has 3 rings (SSSR count). The molecule has 0 saturated carbocycles. The number of nitrogens with one attached hydrogen (secondary N) is 1. The molecule has 0 fully saturated rings. The molecule has 0 radical (unpaired) electrons. The van der Waals surface area contributed by atoms with E-state index in [1.165, 1.54) is 18.7 Å². The van der Waals surface area contributed by atoms with Crippen molar-refractivity contribution >= 4 is 23.1 Å². The third-order valence-corrected chi connectivity index (χ3v) is 4.32. The van der Waals surface area contributed by atoms with E-state index in [9.17, 15) is 14.4 Å². The molecule has 0 saturated heterocycles. The molecule has 1 aromatic carbocycles. The van der Waals surface area contributed by atoms with Crippen LogP contribution in [-0.4, -0.2) is 33.6 Å². The highest BCUT2D eigenvalue weighted by molar-refractivity contribution is 6.05. The first-order valence-corrected chi connectivity index (χ1v) is 8.98. The number of pyridine rings is 1. The molecule has 0 aliphatic carbocycles. The van der Waals surface area contributed by atoms with Crippen molar-refractivity contribution in [3.05, 3.63) is 70.3 Å². The van der Waals surface area contributed by atoms with Crippen LogP contribution in [0.25, 0.3) is 11.3 Å². The van der Waals surface area contributed by atoms with Gasteiger partial charge in [0.15, 0.2) is 5.78 Å². The number of aryl methyl sites for hydroxylation is 1. The van der Waals surface area contributed by atoms with E-state index in [1.54, 1.807) is 55.7 Å². The number of carbonyl (C=O) groups excluding carboxylic acids is 2. The van der Waals surface area contributed by atoms with Crippen LogP contribution in [0.4, 0.5) is 11.4 Å². The normalized spacial score (nSPS) is 10.4. The molecule has 3 aromatic rings. The van der Waals surface area contributed by atoms with Gasteiger partial charge in [-0.1, -0.05) is 0 Å². The number of ketones is 1. The fraction of sp³-hybridized carbons (Fsp3) is 0.190. The molecule has 8 heteroatoms. The molecule has 2 aromatic heterocycles. The summed E-state index contributed by atoms with van der Waals surface area (Å²) < 4.78 is 5.98. The summed E-state index contributed by atoms with van der Waals surface area (Å²) in [6.07, 6.45) is 3.21. The SMILES string of the molecule is CCn1nc(-c2cccnc2)c(C(C)=O)c(Nc2ccc(C(=O)OC)cc2)c1=O. The van der Waals surface area contributed by atoms with Gasteiger partial charge in [-0.15, -0.1) is 0 Å². The number of methoxy groups -OCH3 is 1. The number of hydrogen-bond acceptors (Lipinski definition) is 7. The first-order valence-electron chi connectivity index (χ1n) is 8.98. The second-order valence-corrected chi connectivity index (χ2v) is 6.21. The van der Waals surface area contributed by atoms with Gasteiger partial charge in [-0.25, -0.2) is 9.48 Å². The Bertz CT molecular complexity index is 1110. The Morgan fingerprint density at radius 2 is 1.90 bits per heavy atom. The van der Waals surface area contributed by atoms with E-state index in [2.05, 4.69) is 20.1 Å². The number of benzene rings is 1. The fourth-order valence-corrected chi connectivity index (χ4v) is 2.90. The predicted molar refractivity (Wildman–Crippen MR) is 108 cm³/mol. The smallest absolute Gasteiger partial charge is 0.337 e. The minimum absolute atomic E-state index is 0.124. The molecule has 2 heterocycles. The molecular weight excluding hydrogens is 372 g/mol. The van der Waals surface area contributed by atoms with Gasteiger partial charge in [-0.2, -0.15) is 5.10 Å². The summed E-state index contributed by atoms with van der Waals surface area (Å²) >= 11 is 0. The zero-order valence-electron chi connectivity index (χ0n) is 16.3. The Morgan fingerprint density at radius 1 is 1.17 bits per heavy atom. The molecular formula is C21H20N4O4. The predicted octanol–water partition coefficient (Wildman–Crippen LogP) is 3.06. The lowest BCUT2D eigenvalue weighted by molar-refractivity contribution is 0.0600. The first kappa shape index (κ1) is 19.9. The number of aromatic nitrogens is 3. The highest BCUT2D eigenvalue weighted by atomic mass is 16.5. The molecule has 29 heavy (non-hydrogen) atoms. The molecule has 0 bridgehead atoms. The Balaban J connectivity index is 2.15. The summed E-state index contributed by atoms with van der Waals surface area (Å²) in [6.45, 7) is 3.52. The van der Waals surface area contributed by atoms with E-state index in [-0.39, 0.29) is 17.0 Å². The average molecular weight is 392 g/mol. The molecule has 0 spiro atoms. The van der Waals surface area contributed by atoms with Crippen LogP contribution in [0.2, 0.25) is 0 Å². The molecule has 0 aliphatic rings. The number of anilines is 2. The topological polar surface area (TPSA) is 103 Å². The Morgan fingerprint density at radius 3 is 2.45 bits per heavy atom. The van der Waals surface area contributed by atoms with Crippen molar-refractivity contribution in [1.82, 2.24) is 14.8 Å². The quantitative estimate of drug-likeness (QED) is 0.508. The maximum absolute atomic E-state index is 12.9. The highest BCUT2D eigenvalue weighted by Gasteiger charge is 2.22. The molecule has 0 aliphatic heterocycles. The lowest BCUT2D eigenvalue weighted by Crippen LogP contribution is -2.28. The molecule has 0 unspecified atom stereocenters. The Labute approximate surface area is 167 Å². The monoisotopic (exact) mass is 392 g/mol. The molecule has 148 valence electrons. The van der Waals surface area contributed by atoms with E-state index in [4.69, 9.17) is 0 Å². The van der Waals surface area contributed by atoms with E-state index < -0.39 is 11.5 Å². The standard InChI is InChI=1S/C21H20N4O4/c1-4-25-20(27)19(23-16-9-7-14(8-10-16)21(28)29-3)17(13(2)26)18(24-25)15-6-5-11-22-12-15/h5-12,23H,4H2,1-3H3. The number of ether oxygens (including phenoxy) is 1. The van der Waals surface area contributed by atoms with Gasteiger partial charge in [-0.3, -0.25) is 14.6 Å². The van der Waals surface area contributed by atoms with Crippen LogP contribution in [0.3, 0.4) is 0 Å². The summed E-state index contributed by atoms with van der Waals surface area (Å²) in [4.78, 5) is 41.1. The largest absolute Gasteiger partial charge is 0.465 e. The van der Waals surface area contributed by atoms with Crippen molar-refractivity contribution in [3.8, 4) is 11.3 Å². The number of nitrogens with zero attached hydrogens (tertiary/aromatic N) is 3. The van der Waals surface area contributed by atoms with Crippen LogP contribution in [-0.2, 0) is 11.3 Å². The van der Waals surface area contributed by atoms with Crippen molar-refractivity contribution < 1.29 is 14.3 Å². The van der Waals surface area contributed by atoms with Crippen molar-refractivity contribution in [2.24, 2.45) is 0 Å². The third kappa shape index (κ3) is 4.06. The van der Waals surface area contributed by atoms with Gasteiger partial charge in [0.2, 0.25) is 0 Å². The van der Waals surface area contributed by atoms with Crippen molar-refractivity contribution in [2.75, 3.05) is 12.4 Å². The summed E-state index contributed by atoms with van der Waals surface area (Å²) in [6, 6.07) is 9.93. The van der Waals surface area contributed by atoms with E-state index in [0.29, 0.717) is 29.1 Å². The molecule has 0 amide bonds. The maximum Gasteiger partial charge on any atom is 0.337 e. The van der Waals surface area contributed by atoms with Crippen LogP contribution in [0.5, 0.6) is 0 Å². The Hall–Kier alpha value is -3.81. The van der Waals surface area contributed by atoms with Crippen molar-refractivity contribution in [1.29, 1.82) is 0 Å². The zero-order valence-corrected chi connectivity index (χ0v) is 16.3. The van der Waals surface area contributed by atoms with E-state index in [1.807, 2.05) is 0 Å². The zero-order chi connectivity index (χ0) is 21.0. The van der Waals surface area contributed by atoms with Gasteiger partial charge in [0.05, 0.1) is 18.2 Å². The average Bonchev–Trinajstić information content (AvgIpc) is 2.75. The van der Waals surface area contributed by atoms with Crippen molar-refractivity contribution in [3.63, 3.8) is 0 Å². The highest BCUT2D eigenvalue weighted by Crippen LogP contribution is 2.27. The van der Waals surface area contributed by atoms with Gasteiger partial charge < -0.3 is 10.1 Å². The molecule has 1 N–H and O–H groups in total. The lowest BCUT2D eigenvalue weighted by Gasteiger charge is -2.16. The third-order valence-electron chi connectivity index (χ3n) is 4.32. The summed E-state index contributed by atoms with van der Waals surface area (Å²) in [5.74, 6) is -0.762. The molecule has 0 atom stereocenters. The Kier molecular flexibility index (Phi) is 5.82. The van der Waals surface area contributed by atoms with Crippen LogP contribution >= 0.6 is 0 Å². The fourth-order valence-electron chi connectivity index (χ4n) is 2.90. The van der Waals surface area contributed by atoms with E-state index in [0.717, 1.165) is 0 Å². The van der Waals surface area contributed by atoms with Gasteiger partial charge in [-0.05, 0) is 50.2 Å². The summed E-state index contributed by atoms with van der Waals surface area (Å²) in [5.41, 5.74) is 1.82. The van der Waals surface area contributed by atoms with Gasteiger partial charge >= 0.3 is 5.97 Å². The number of esters is 1. The van der Waals surface area contributed by atoms with E-state index >= 15 is 0 Å². The van der Waals surface area contributed by atoms with Crippen LogP contribution < -0.4 is 10.9 Å².